The molecule has 1 fully saturated rings. The maximum atomic E-state index is 12.5. The standard InChI is InChI=1S/C28H32ClNO3/c1-3-18-10-12-21(29)17-23(18)28-27(19-8-6-5-7-9-19)22-13-11-20(25(31)4-2)16-24(22)30(28)15-14-26(32)33/h3,11-13,16-19H,1,4-10,14-15H2,2H3,(H,32,33)/t18-/m0/s1. The van der Waals surface area contributed by atoms with Crippen LogP contribution in [0.5, 0.6) is 0 Å². The van der Waals surface area contributed by atoms with Gasteiger partial charge in [-0.3, -0.25) is 9.59 Å². The molecule has 1 saturated carbocycles. The highest BCUT2D eigenvalue weighted by molar-refractivity contribution is 6.32. The van der Waals surface area contributed by atoms with Crippen LogP contribution in [0, 0.1) is 5.92 Å². The number of carboxylic acid groups (broad SMARTS) is 1. The lowest BCUT2D eigenvalue weighted by Crippen LogP contribution is -2.15. The number of ketones is 1. The van der Waals surface area contributed by atoms with E-state index in [0.717, 1.165) is 41.4 Å². The van der Waals surface area contributed by atoms with Crippen molar-refractivity contribution >= 4 is 39.8 Å². The van der Waals surface area contributed by atoms with Gasteiger partial charge >= 0.3 is 5.97 Å². The van der Waals surface area contributed by atoms with Crippen molar-refractivity contribution in [1.29, 1.82) is 0 Å². The summed E-state index contributed by atoms with van der Waals surface area (Å²) < 4.78 is 2.14. The molecule has 174 valence electrons. The van der Waals surface area contributed by atoms with Crippen molar-refractivity contribution in [2.75, 3.05) is 0 Å². The van der Waals surface area contributed by atoms with Crippen LogP contribution in [0.2, 0.25) is 0 Å². The van der Waals surface area contributed by atoms with Gasteiger partial charge in [-0.2, -0.15) is 0 Å². The first kappa shape index (κ1) is 23.6. The summed E-state index contributed by atoms with van der Waals surface area (Å²) in [6, 6.07) is 5.97. The fraction of sp³-hybridized carbons (Fsp3) is 0.429. The van der Waals surface area contributed by atoms with E-state index in [0.29, 0.717) is 29.5 Å². The van der Waals surface area contributed by atoms with Gasteiger partial charge in [-0.1, -0.05) is 62.1 Å². The molecule has 2 aliphatic rings. The summed E-state index contributed by atoms with van der Waals surface area (Å²) >= 11 is 6.49. The molecule has 0 unspecified atom stereocenters. The van der Waals surface area contributed by atoms with E-state index in [1.165, 1.54) is 24.8 Å². The fourth-order valence-electron chi connectivity index (χ4n) is 5.46. The molecule has 1 aromatic heterocycles. The van der Waals surface area contributed by atoms with Gasteiger partial charge in [0.1, 0.15) is 0 Å². The topological polar surface area (TPSA) is 59.3 Å². The number of allylic oxidation sites excluding steroid dienone is 5. The predicted molar refractivity (Wildman–Crippen MR) is 135 cm³/mol. The number of rotatable bonds is 8. The van der Waals surface area contributed by atoms with Crippen LogP contribution in [0.4, 0.5) is 0 Å². The number of aryl methyl sites for hydroxylation is 1. The van der Waals surface area contributed by atoms with E-state index in [4.69, 9.17) is 11.6 Å². The second-order valence-electron chi connectivity index (χ2n) is 9.17. The second kappa shape index (κ2) is 10.1. The number of carbonyl (C=O) groups excluding carboxylic acids is 1. The highest BCUT2D eigenvalue weighted by Gasteiger charge is 2.30. The molecule has 0 saturated heterocycles. The largest absolute Gasteiger partial charge is 0.481 e. The summed E-state index contributed by atoms with van der Waals surface area (Å²) in [5.41, 5.74) is 5.09. The Morgan fingerprint density at radius 1 is 1.24 bits per heavy atom. The molecule has 2 aliphatic carbocycles. The highest BCUT2D eigenvalue weighted by atomic mass is 35.5. The summed E-state index contributed by atoms with van der Waals surface area (Å²) in [7, 11) is 0. The Morgan fingerprint density at radius 3 is 2.67 bits per heavy atom. The molecule has 5 heteroatoms. The molecule has 33 heavy (non-hydrogen) atoms. The molecule has 4 nitrogen and oxygen atoms in total. The van der Waals surface area contributed by atoms with Gasteiger partial charge in [-0.05, 0) is 48.5 Å². The molecule has 0 radical (unpaired) electrons. The lowest BCUT2D eigenvalue weighted by Gasteiger charge is -2.27. The number of fused-ring (bicyclic) bond motifs is 1. The number of carboxylic acids is 1. The zero-order valence-corrected chi connectivity index (χ0v) is 20.0. The van der Waals surface area contributed by atoms with E-state index in [1.54, 1.807) is 0 Å². The van der Waals surface area contributed by atoms with E-state index in [2.05, 4.69) is 17.2 Å². The van der Waals surface area contributed by atoms with Gasteiger partial charge in [0.2, 0.25) is 0 Å². The third-order valence-corrected chi connectivity index (χ3v) is 7.39. The number of aliphatic carboxylic acids is 1. The average molecular weight is 466 g/mol. The Hall–Kier alpha value is -2.59. The Morgan fingerprint density at radius 2 is 2.00 bits per heavy atom. The maximum Gasteiger partial charge on any atom is 0.305 e. The zero-order chi connectivity index (χ0) is 23.5. The Bertz CT molecular complexity index is 1150. The normalized spacial score (nSPS) is 19.3. The average Bonchev–Trinajstić information content (AvgIpc) is 3.16. The molecular weight excluding hydrogens is 434 g/mol. The van der Waals surface area contributed by atoms with E-state index in [1.807, 2.05) is 37.3 Å². The summed E-state index contributed by atoms with van der Waals surface area (Å²) in [4.78, 5) is 24.1. The number of carbonyl (C=O) groups is 2. The quantitative estimate of drug-likeness (QED) is 0.325. The van der Waals surface area contributed by atoms with Crippen molar-refractivity contribution in [2.45, 2.75) is 70.8 Å². The molecule has 0 bridgehead atoms. The molecule has 1 aromatic carbocycles. The van der Waals surface area contributed by atoms with Gasteiger partial charge in [0.15, 0.2) is 5.78 Å². The molecule has 1 N–H and O–H groups in total. The van der Waals surface area contributed by atoms with Crippen LogP contribution in [0.3, 0.4) is 0 Å². The van der Waals surface area contributed by atoms with Gasteiger partial charge in [0, 0.05) is 46.1 Å². The zero-order valence-electron chi connectivity index (χ0n) is 19.3. The monoisotopic (exact) mass is 465 g/mol. The Labute approximate surface area is 200 Å². The minimum absolute atomic E-state index is 0.0163. The summed E-state index contributed by atoms with van der Waals surface area (Å²) in [5, 5.41) is 11.3. The van der Waals surface area contributed by atoms with Crippen LogP contribution >= 0.6 is 11.6 Å². The molecule has 4 rings (SSSR count). The number of Topliss-reactive ketones (excluding diaryl/α,β-unsaturated/α-hetero) is 1. The van der Waals surface area contributed by atoms with Crippen LogP contribution in [0.1, 0.15) is 85.8 Å². The fourth-order valence-corrected chi connectivity index (χ4v) is 5.66. The van der Waals surface area contributed by atoms with Gasteiger partial charge in [0.25, 0.3) is 0 Å². The van der Waals surface area contributed by atoms with Crippen LogP contribution in [0.15, 0.2) is 48.0 Å². The minimum Gasteiger partial charge on any atom is -0.481 e. The molecule has 2 aromatic rings. The molecule has 1 atom stereocenters. The van der Waals surface area contributed by atoms with Gasteiger partial charge in [-0.25, -0.2) is 0 Å². The van der Waals surface area contributed by atoms with Gasteiger partial charge in [0.05, 0.1) is 6.42 Å². The van der Waals surface area contributed by atoms with Crippen LogP contribution in [-0.2, 0) is 11.3 Å². The minimum atomic E-state index is -0.835. The van der Waals surface area contributed by atoms with Gasteiger partial charge < -0.3 is 9.67 Å². The van der Waals surface area contributed by atoms with Crippen LogP contribution in [0.25, 0.3) is 16.5 Å². The molecule has 0 amide bonds. The van der Waals surface area contributed by atoms with Crippen molar-refractivity contribution in [2.24, 2.45) is 5.92 Å². The second-order valence-corrected chi connectivity index (χ2v) is 9.60. The predicted octanol–water partition coefficient (Wildman–Crippen LogP) is 7.47. The smallest absolute Gasteiger partial charge is 0.305 e. The van der Waals surface area contributed by atoms with Gasteiger partial charge in [-0.15, -0.1) is 6.58 Å². The number of halogens is 1. The third kappa shape index (κ3) is 4.72. The van der Waals surface area contributed by atoms with E-state index < -0.39 is 5.97 Å². The van der Waals surface area contributed by atoms with Crippen molar-refractivity contribution in [3.63, 3.8) is 0 Å². The first-order chi connectivity index (χ1) is 15.9. The maximum absolute atomic E-state index is 12.5. The first-order valence-corrected chi connectivity index (χ1v) is 12.4. The third-order valence-electron chi connectivity index (χ3n) is 7.13. The Balaban J connectivity index is 2.03. The lowest BCUT2D eigenvalue weighted by molar-refractivity contribution is -0.137. The summed E-state index contributed by atoms with van der Waals surface area (Å²) in [6.07, 6.45) is 13.1. The number of aromatic nitrogens is 1. The first-order valence-electron chi connectivity index (χ1n) is 12.1. The van der Waals surface area contributed by atoms with Crippen LogP contribution in [-0.4, -0.2) is 21.4 Å². The van der Waals surface area contributed by atoms with Crippen molar-refractivity contribution in [3.8, 4) is 0 Å². The SMILES string of the molecule is C=C[C@H]1CC=C(Cl)C=C1c1c(C2CCCCC2)c2ccc(C(=O)CC)cc2n1CCC(=O)O. The highest BCUT2D eigenvalue weighted by Crippen LogP contribution is 2.46. The van der Waals surface area contributed by atoms with E-state index in [9.17, 15) is 14.7 Å². The number of benzene rings is 1. The molecular formula is C28H32ClNO3. The number of hydrogen-bond donors (Lipinski definition) is 1. The van der Waals surface area contributed by atoms with Crippen molar-refractivity contribution in [3.05, 3.63) is 64.9 Å². The molecule has 1 heterocycles. The van der Waals surface area contributed by atoms with E-state index >= 15 is 0 Å². The van der Waals surface area contributed by atoms with Crippen molar-refractivity contribution < 1.29 is 14.7 Å². The summed E-state index contributed by atoms with van der Waals surface area (Å²) in [5.74, 6) is -0.223. The molecule has 0 spiro atoms. The van der Waals surface area contributed by atoms with Crippen LogP contribution < -0.4 is 0 Å². The number of nitrogens with zero attached hydrogens (tertiary/aromatic N) is 1. The Kier molecular flexibility index (Phi) is 7.23. The molecule has 0 aliphatic heterocycles. The van der Waals surface area contributed by atoms with Crippen molar-refractivity contribution in [1.82, 2.24) is 4.57 Å². The van der Waals surface area contributed by atoms with E-state index in [-0.39, 0.29) is 18.1 Å². The summed E-state index contributed by atoms with van der Waals surface area (Å²) in [6.45, 7) is 6.29. The number of hydrogen-bond acceptors (Lipinski definition) is 2. The lowest BCUT2D eigenvalue weighted by atomic mass is 9.79.